The van der Waals surface area contributed by atoms with Gasteiger partial charge >= 0.3 is 5.97 Å². The Morgan fingerprint density at radius 2 is 2.00 bits per heavy atom. The van der Waals surface area contributed by atoms with Crippen molar-refractivity contribution in [1.29, 1.82) is 0 Å². The number of pyridine rings is 1. The summed E-state index contributed by atoms with van der Waals surface area (Å²) in [6.45, 7) is 1.52. The second kappa shape index (κ2) is 5.49. The minimum Gasteiger partial charge on any atom is -0.477 e. The van der Waals surface area contributed by atoms with E-state index in [1.54, 1.807) is 0 Å². The lowest BCUT2D eigenvalue weighted by Crippen LogP contribution is -2.14. The van der Waals surface area contributed by atoms with Crippen LogP contribution in [0.4, 0.5) is 10.1 Å². The van der Waals surface area contributed by atoms with Crippen LogP contribution < -0.4 is 4.72 Å². The molecule has 0 amide bonds. The quantitative estimate of drug-likeness (QED) is 0.900. The lowest BCUT2D eigenvalue weighted by Gasteiger charge is -2.08. The van der Waals surface area contributed by atoms with Crippen LogP contribution >= 0.6 is 0 Å². The van der Waals surface area contributed by atoms with Gasteiger partial charge in [-0.15, -0.1) is 0 Å². The third kappa shape index (κ3) is 3.34. The van der Waals surface area contributed by atoms with Crippen LogP contribution in [-0.4, -0.2) is 24.5 Å². The lowest BCUT2D eigenvalue weighted by molar-refractivity contribution is 0.0690. The van der Waals surface area contributed by atoms with E-state index in [0.717, 1.165) is 18.3 Å². The molecule has 1 aromatic heterocycles. The molecule has 0 aliphatic rings. The Hall–Kier alpha value is -2.48. The molecule has 0 atom stereocenters. The van der Waals surface area contributed by atoms with E-state index < -0.39 is 21.8 Å². The van der Waals surface area contributed by atoms with E-state index in [1.165, 1.54) is 25.1 Å². The van der Waals surface area contributed by atoms with Crippen molar-refractivity contribution < 1.29 is 22.7 Å². The summed E-state index contributed by atoms with van der Waals surface area (Å²) in [4.78, 5) is 14.0. The SMILES string of the molecule is Cc1ccc(S(=O)(=O)Nc2ccc(C(=O)O)nc2)cc1F. The Labute approximate surface area is 120 Å². The summed E-state index contributed by atoms with van der Waals surface area (Å²) < 4.78 is 39.7. The molecule has 6 nitrogen and oxygen atoms in total. The molecule has 8 heteroatoms. The molecule has 110 valence electrons. The van der Waals surface area contributed by atoms with Gasteiger partial charge in [0.25, 0.3) is 10.0 Å². The van der Waals surface area contributed by atoms with Crippen molar-refractivity contribution in [2.45, 2.75) is 11.8 Å². The predicted molar refractivity (Wildman–Crippen MR) is 73.1 cm³/mol. The number of sulfonamides is 1. The Bertz CT molecular complexity index is 788. The van der Waals surface area contributed by atoms with Crippen LogP contribution in [0.3, 0.4) is 0 Å². The number of carboxylic acids is 1. The van der Waals surface area contributed by atoms with Crippen molar-refractivity contribution in [1.82, 2.24) is 4.98 Å². The number of carboxylic acid groups (broad SMARTS) is 1. The van der Waals surface area contributed by atoms with E-state index in [4.69, 9.17) is 5.11 Å². The van der Waals surface area contributed by atoms with Gasteiger partial charge in [-0.05, 0) is 36.8 Å². The van der Waals surface area contributed by atoms with E-state index in [1.807, 2.05) is 0 Å². The highest BCUT2D eigenvalue weighted by molar-refractivity contribution is 7.92. The van der Waals surface area contributed by atoms with Crippen LogP contribution in [0, 0.1) is 12.7 Å². The van der Waals surface area contributed by atoms with Gasteiger partial charge in [-0.2, -0.15) is 0 Å². The average molecular weight is 310 g/mol. The Morgan fingerprint density at radius 1 is 1.29 bits per heavy atom. The van der Waals surface area contributed by atoms with Crippen molar-refractivity contribution in [3.63, 3.8) is 0 Å². The van der Waals surface area contributed by atoms with Crippen LogP contribution in [-0.2, 0) is 10.0 Å². The first kappa shape index (κ1) is 14.9. The summed E-state index contributed by atoms with van der Waals surface area (Å²) in [5.74, 6) is -1.85. The molecule has 0 saturated heterocycles. The molecule has 0 fully saturated rings. The number of anilines is 1. The first-order chi connectivity index (χ1) is 9.79. The highest BCUT2D eigenvalue weighted by atomic mass is 32.2. The minimum absolute atomic E-state index is 0.0842. The standard InChI is InChI=1S/C13H11FN2O4S/c1-8-2-4-10(6-11(8)14)21(19,20)16-9-3-5-12(13(17)18)15-7-9/h2-7,16H,1H3,(H,17,18). The number of benzene rings is 1. The topological polar surface area (TPSA) is 96.4 Å². The van der Waals surface area contributed by atoms with Gasteiger partial charge in [-0.1, -0.05) is 6.07 Å². The minimum atomic E-state index is -3.96. The zero-order valence-corrected chi connectivity index (χ0v) is 11.7. The fourth-order valence-corrected chi connectivity index (χ4v) is 2.59. The Morgan fingerprint density at radius 3 is 2.52 bits per heavy atom. The second-order valence-electron chi connectivity index (χ2n) is 4.25. The van der Waals surface area contributed by atoms with Gasteiger partial charge in [0.15, 0.2) is 0 Å². The number of carbonyl (C=O) groups is 1. The van der Waals surface area contributed by atoms with Gasteiger partial charge in [-0.25, -0.2) is 22.6 Å². The number of aryl methyl sites for hydroxylation is 1. The first-order valence-electron chi connectivity index (χ1n) is 5.78. The van der Waals surface area contributed by atoms with Gasteiger partial charge in [0.2, 0.25) is 0 Å². The molecular formula is C13H11FN2O4S. The largest absolute Gasteiger partial charge is 0.477 e. The Balaban J connectivity index is 2.28. The molecule has 1 aromatic carbocycles. The molecule has 2 N–H and O–H groups in total. The normalized spacial score (nSPS) is 11.1. The first-order valence-corrected chi connectivity index (χ1v) is 7.26. The van der Waals surface area contributed by atoms with Gasteiger partial charge < -0.3 is 5.11 Å². The molecule has 2 aromatic rings. The summed E-state index contributed by atoms with van der Waals surface area (Å²) in [6.07, 6.45) is 1.07. The van der Waals surface area contributed by atoms with Crippen molar-refractivity contribution in [2.75, 3.05) is 4.72 Å². The van der Waals surface area contributed by atoms with Gasteiger partial charge in [0.1, 0.15) is 11.5 Å². The summed E-state index contributed by atoms with van der Waals surface area (Å²) >= 11 is 0. The van der Waals surface area contributed by atoms with Crippen molar-refractivity contribution in [2.24, 2.45) is 0 Å². The maximum atomic E-state index is 13.4. The van der Waals surface area contributed by atoms with Crippen molar-refractivity contribution in [3.05, 3.63) is 53.6 Å². The molecular weight excluding hydrogens is 299 g/mol. The summed E-state index contributed by atoms with van der Waals surface area (Å²) in [6, 6.07) is 5.97. The van der Waals surface area contributed by atoms with Crippen LogP contribution in [0.25, 0.3) is 0 Å². The highest BCUT2D eigenvalue weighted by Gasteiger charge is 2.16. The highest BCUT2D eigenvalue weighted by Crippen LogP contribution is 2.18. The fraction of sp³-hybridized carbons (Fsp3) is 0.0769. The summed E-state index contributed by atoms with van der Waals surface area (Å²) in [5.41, 5.74) is 0.210. The average Bonchev–Trinajstić information content (AvgIpc) is 2.42. The molecule has 2 rings (SSSR count). The van der Waals surface area contributed by atoms with E-state index in [2.05, 4.69) is 9.71 Å². The molecule has 0 aliphatic carbocycles. The number of aromatic carboxylic acids is 1. The smallest absolute Gasteiger partial charge is 0.354 e. The zero-order valence-electron chi connectivity index (χ0n) is 10.9. The van der Waals surface area contributed by atoms with Crippen LogP contribution in [0.15, 0.2) is 41.4 Å². The fourth-order valence-electron chi connectivity index (χ4n) is 1.54. The molecule has 0 aliphatic heterocycles. The molecule has 0 unspecified atom stereocenters. The van der Waals surface area contributed by atoms with Crippen molar-refractivity contribution >= 4 is 21.7 Å². The maximum absolute atomic E-state index is 13.4. The van der Waals surface area contributed by atoms with Crippen molar-refractivity contribution in [3.8, 4) is 0 Å². The summed E-state index contributed by atoms with van der Waals surface area (Å²) in [7, 11) is -3.96. The van der Waals surface area contributed by atoms with Crippen LogP contribution in [0.2, 0.25) is 0 Å². The number of hydrogen-bond acceptors (Lipinski definition) is 4. The molecule has 0 spiro atoms. The predicted octanol–water partition coefficient (Wildman–Crippen LogP) is 2.03. The number of rotatable bonds is 4. The number of hydrogen-bond donors (Lipinski definition) is 2. The third-order valence-corrected chi connectivity index (χ3v) is 4.07. The van der Waals surface area contributed by atoms with Gasteiger partial charge in [0.05, 0.1) is 16.8 Å². The monoisotopic (exact) mass is 310 g/mol. The third-order valence-electron chi connectivity index (χ3n) is 2.69. The number of nitrogens with one attached hydrogen (secondary N) is 1. The zero-order chi connectivity index (χ0) is 15.6. The number of aromatic nitrogens is 1. The van der Waals surface area contributed by atoms with E-state index in [0.29, 0.717) is 5.56 Å². The van der Waals surface area contributed by atoms with Crippen LogP contribution in [0.1, 0.15) is 16.1 Å². The maximum Gasteiger partial charge on any atom is 0.354 e. The number of nitrogens with zero attached hydrogens (tertiary/aromatic N) is 1. The molecule has 0 radical (unpaired) electrons. The molecule has 1 heterocycles. The molecule has 0 saturated carbocycles. The van der Waals surface area contributed by atoms with E-state index >= 15 is 0 Å². The van der Waals surface area contributed by atoms with E-state index in [-0.39, 0.29) is 16.3 Å². The van der Waals surface area contributed by atoms with Gasteiger partial charge in [-0.3, -0.25) is 4.72 Å². The van der Waals surface area contributed by atoms with Gasteiger partial charge in [0, 0.05) is 0 Å². The molecule has 0 bridgehead atoms. The second-order valence-corrected chi connectivity index (χ2v) is 5.94. The lowest BCUT2D eigenvalue weighted by atomic mass is 10.2. The summed E-state index contributed by atoms with van der Waals surface area (Å²) in [5, 5.41) is 8.70. The van der Waals surface area contributed by atoms with E-state index in [9.17, 15) is 17.6 Å². The number of halogens is 1. The Kier molecular flexibility index (Phi) is 3.90. The molecule has 21 heavy (non-hydrogen) atoms. The van der Waals surface area contributed by atoms with Crippen LogP contribution in [0.5, 0.6) is 0 Å².